The summed E-state index contributed by atoms with van der Waals surface area (Å²) >= 11 is 3.26. The number of likely N-dealkylation sites (tertiary alicyclic amines) is 1. The molecule has 0 spiro atoms. The molecule has 2 amide bonds. The number of rotatable bonds is 5. The van der Waals surface area contributed by atoms with E-state index in [0.29, 0.717) is 13.0 Å². The van der Waals surface area contributed by atoms with Crippen LogP contribution in [0, 0.1) is 0 Å². The number of hydrogen-bond donors (Lipinski definition) is 1. The Bertz CT molecular complexity index is 1070. The van der Waals surface area contributed by atoms with Gasteiger partial charge in [0.2, 0.25) is 5.91 Å². The van der Waals surface area contributed by atoms with Crippen LogP contribution in [0.1, 0.15) is 31.7 Å². The van der Waals surface area contributed by atoms with E-state index in [1.807, 2.05) is 30.3 Å². The van der Waals surface area contributed by atoms with Crippen molar-refractivity contribution in [2.75, 3.05) is 6.54 Å². The number of benzene rings is 2. The molecule has 1 atom stereocenters. The summed E-state index contributed by atoms with van der Waals surface area (Å²) in [5.41, 5.74) is -0.820. The monoisotopic (exact) mass is 476 g/mol. The molecule has 1 saturated heterocycles. The fourth-order valence-corrected chi connectivity index (χ4v) is 5.13. The number of nitrogens with one attached hydrogen (secondary N) is 1. The highest BCUT2D eigenvalue weighted by Crippen LogP contribution is 2.51. The lowest BCUT2D eigenvalue weighted by Gasteiger charge is -2.50. The zero-order chi connectivity index (χ0) is 20.9. The van der Waals surface area contributed by atoms with Crippen molar-refractivity contribution in [1.82, 2.24) is 9.62 Å². The van der Waals surface area contributed by atoms with Gasteiger partial charge < -0.3 is 4.90 Å². The maximum absolute atomic E-state index is 13.3. The van der Waals surface area contributed by atoms with Crippen LogP contribution in [-0.2, 0) is 25.0 Å². The summed E-state index contributed by atoms with van der Waals surface area (Å²) in [5, 5.41) is 0. The summed E-state index contributed by atoms with van der Waals surface area (Å²) < 4.78 is 28.1. The molecular formula is C21H21BrN2O4S. The van der Waals surface area contributed by atoms with E-state index in [0.717, 1.165) is 22.9 Å². The van der Waals surface area contributed by atoms with Crippen LogP contribution < -0.4 is 4.72 Å². The fourth-order valence-electron chi connectivity index (χ4n) is 3.79. The van der Waals surface area contributed by atoms with Crippen molar-refractivity contribution in [3.63, 3.8) is 0 Å². The normalized spacial score (nSPS) is 22.5. The molecule has 2 aromatic carbocycles. The van der Waals surface area contributed by atoms with Gasteiger partial charge in [0.25, 0.3) is 15.9 Å². The van der Waals surface area contributed by atoms with Gasteiger partial charge in [-0.2, -0.15) is 0 Å². The van der Waals surface area contributed by atoms with Crippen molar-refractivity contribution >= 4 is 37.8 Å². The van der Waals surface area contributed by atoms with Gasteiger partial charge in [0.15, 0.2) is 0 Å². The van der Waals surface area contributed by atoms with Gasteiger partial charge >= 0.3 is 0 Å². The third kappa shape index (κ3) is 3.38. The summed E-state index contributed by atoms with van der Waals surface area (Å²) in [6, 6.07) is 15.6. The second-order valence-corrected chi connectivity index (χ2v) is 10.4. The van der Waals surface area contributed by atoms with Crippen molar-refractivity contribution in [3.05, 3.63) is 64.6 Å². The number of halogens is 1. The molecule has 2 fully saturated rings. The molecule has 2 aliphatic rings. The van der Waals surface area contributed by atoms with E-state index in [2.05, 4.69) is 20.7 Å². The number of nitrogens with zero attached hydrogens (tertiary/aromatic N) is 1. The summed E-state index contributed by atoms with van der Waals surface area (Å²) in [5.74, 6) is -0.780. The minimum absolute atomic E-state index is 0.00204. The van der Waals surface area contributed by atoms with Gasteiger partial charge in [-0.1, -0.05) is 46.3 Å². The third-order valence-corrected chi connectivity index (χ3v) is 7.86. The lowest BCUT2D eigenvalue weighted by molar-refractivity contribution is -0.158. The first-order valence-electron chi connectivity index (χ1n) is 9.39. The summed E-state index contributed by atoms with van der Waals surface area (Å²) in [6.07, 6.45) is 1.90. The number of hydrogen-bond acceptors (Lipinski definition) is 4. The lowest BCUT2D eigenvalue weighted by Crippen LogP contribution is -2.69. The molecule has 1 heterocycles. The second kappa shape index (κ2) is 6.95. The first kappa shape index (κ1) is 20.1. The Balaban J connectivity index is 1.53. The molecule has 29 heavy (non-hydrogen) atoms. The van der Waals surface area contributed by atoms with Gasteiger partial charge in [-0.3, -0.25) is 9.59 Å². The van der Waals surface area contributed by atoms with Crippen LogP contribution in [0.2, 0.25) is 0 Å². The second-order valence-electron chi connectivity index (χ2n) is 7.82. The minimum atomic E-state index is -4.02. The van der Waals surface area contributed by atoms with Gasteiger partial charge in [0.05, 0.1) is 10.3 Å². The van der Waals surface area contributed by atoms with Crippen LogP contribution in [0.5, 0.6) is 0 Å². The van der Waals surface area contributed by atoms with Crippen LogP contribution in [0.3, 0.4) is 0 Å². The Hall–Kier alpha value is -2.19. The van der Waals surface area contributed by atoms with Crippen LogP contribution in [0.25, 0.3) is 0 Å². The topological polar surface area (TPSA) is 83.6 Å². The predicted molar refractivity (Wildman–Crippen MR) is 112 cm³/mol. The highest BCUT2D eigenvalue weighted by molar-refractivity contribution is 9.10. The highest BCUT2D eigenvalue weighted by Gasteiger charge is 2.60. The van der Waals surface area contributed by atoms with Gasteiger partial charge in [-0.15, -0.1) is 0 Å². The molecule has 1 unspecified atom stereocenters. The summed E-state index contributed by atoms with van der Waals surface area (Å²) in [7, 11) is -4.02. The fraction of sp³-hybridized carbons (Fsp3) is 0.333. The standard InChI is InChI=1S/C21H21BrN2O4S/c1-20(18(25)23-29(27,28)17-9-7-16(22)8-10-17)13-14-24(20)19(26)21(11-12-21)15-5-3-2-4-6-15/h2-10H,11-14H2,1H3,(H,23,25). The minimum Gasteiger partial charge on any atom is -0.327 e. The Kier molecular flexibility index (Phi) is 4.82. The van der Waals surface area contributed by atoms with E-state index >= 15 is 0 Å². The quantitative estimate of drug-likeness (QED) is 0.718. The van der Waals surface area contributed by atoms with E-state index in [1.54, 1.807) is 19.1 Å². The molecule has 1 aliphatic heterocycles. The molecular weight excluding hydrogens is 456 g/mol. The highest BCUT2D eigenvalue weighted by atomic mass is 79.9. The largest absolute Gasteiger partial charge is 0.327 e. The van der Waals surface area contributed by atoms with Crippen molar-refractivity contribution in [1.29, 1.82) is 0 Å². The van der Waals surface area contributed by atoms with Crippen molar-refractivity contribution < 1.29 is 18.0 Å². The summed E-state index contributed by atoms with van der Waals surface area (Å²) in [6.45, 7) is 2.07. The van der Waals surface area contributed by atoms with E-state index in [4.69, 9.17) is 0 Å². The Labute approximate surface area is 178 Å². The van der Waals surface area contributed by atoms with Gasteiger partial charge in [-0.05, 0) is 56.0 Å². The van der Waals surface area contributed by atoms with Crippen LogP contribution >= 0.6 is 15.9 Å². The first-order chi connectivity index (χ1) is 13.7. The molecule has 1 aliphatic carbocycles. The molecule has 8 heteroatoms. The maximum atomic E-state index is 13.3. The molecule has 0 aromatic heterocycles. The molecule has 4 rings (SSSR count). The molecule has 6 nitrogen and oxygen atoms in total. The SMILES string of the molecule is CC1(C(=O)NS(=O)(=O)c2ccc(Br)cc2)CCN1C(=O)C1(c2ccccc2)CC1. The van der Waals surface area contributed by atoms with Gasteiger partial charge in [-0.25, -0.2) is 13.1 Å². The van der Waals surface area contributed by atoms with E-state index in [1.165, 1.54) is 17.0 Å². The van der Waals surface area contributed by atoms with E-state index in [-0.39, 0.29) is 10.8 Å². The molecule has 152 valence electrons. The van der Waals surface area contributed by atoms with Crippen LogP contribution in [0.4, 0.5) is 0 Å². The molecule has 1 N–H and O–H groups in total. The molecule has 0 bridgehead atoms. The Morgan fingerprint density at radius 1 is 1.00 bits per heavy atom. The maximum Gasteiger partial charge on any atom is 0.264 e. The smallest absolute Gasteiger partial charge is 0.264 e. The number of amides is 2. The lowest BCUT2D eigenvalue weighted by atomic mass is 9.82. The van der Waals surface area contributed by atoms with Gasteiger partial charge in [0.1, 0.15) is 5.54 Å². The van der Waals surface area contributed by atoms with Crippen LogP contribution in [0.15, 0.2) is 64.0 Å². The third-order valence-electron chi connectivity index (χ3n) is 5.99. The number of carbonyl (C=O) groups is 2. The van der Waals surface area contributed by atoms with Crippen molar-refractivity contribution in [3.8, 4) is 0 Å². The van der Waals surface area contributed by atoms with Crippen molar-refractivity contribution in [2.45, 2.75) is 42.0 Å². The van der Waals surface area contributed by atoms with Gasteiger partial charge in [0, 0.05) is 11.0 Å². The Morgan fingerprint density at radius 3 is 2.14 bits per heavy atom. The predicted octanol–water partition coefficient (Wildman–Crippen LogP) is 2.98. The molecule has 0 radical (unpaired) electrons. The summed E-state index contributed by atoms with van der Waals surface area (Å²) in [4.78, 5) is 27.7. The average Bonchev–Trinajstić information content (AvgIpc) is 3.49. The molecule has 1 saturated carbocycles. The first-order valence-corrected chi connectivity index (χ1v) is 11.7. The van der Waals surface area contributed by atoms with Crippen LogP contribution in [-0.4, -0.2) is 37.2 Å². The Morgan fingerprint density at radius 2 is 1.62 bits per heavy atom. The zero-order valence-corrected chi connectivity index (χ0v) is 18.3. The van der Waals surface area contributed by atoms with E-state index < -0.39 is 26.9 Å². The zero-order valence-electron chi connectivity index (χ0n) is 15.9. The van der Waals surface area contributed by atoms with Crippen molar-refractivity contribution in [2.24, 2.45) is 0 Å². The molecule has 2 aromatic rings. The number of sulfonamides is 1. The average molecular weight is 477 g/mol. The van der Waals surface area contributed by atoms with E-state index in [9.17, 15) is 18.0 Å². The number of carbonyl (C=O) groups excluding carboxylic acids is 2.